The first-order chi connectivity index (χ1) is 13.7. The van der Waals surface area contributed by atoms with Gasteiger partial charge in [0, 0.05) is 24.2 Å². The Morgan fingerprint density at radius 1 is 0.750 bits per heavy atom. The SMILES string of the molecule is O=c1[nH]c2ccccc2n(C2CC3CC[C@@H](C2)N3C2CCCCCCC2)c1=O. The van der Waals surface area contributed by atoms with Gasteiger partial charge in [-0.3, -0.25) is 19.1 Å². The van der Waals surface area contributed by atoms with Crippen LogP contribution in [0.25, 0.3) is 11.0 Å². The predicted molar refractivity (Wildman–Crippen MR) is 112 cm³/mol. The van der Waals surface area contributed by atoms with Crippen molar-refractivity contribution in [1.29, 1.82) is 0 Å². The molecule has 150 valence electrons. The third-order valence-electron chi connectivity index (χ3n) is 7.45. The summed E-state index contributed by atoms with van der Waals surface area (Å²) < 4.78 is 1.81. The van der Waals surface area contributed by atoms with E-state index >= 15 is 0 Å². The number of H-pyrrole nitrogens is 1. The van der Waals surface area contributed by atoms with Gasteiger partial charge in [0.05, 0.1) is 11.0 Å². The maximum atomic E-state index is 12.8. The Morgan fingerprint density at radius 3 is 2.11 bits per heavy atom. The highest BCUT2D eigenvalue weighted by atomic mass is 16.2. The molecule has 1 aromatic heterocycles. The number of hydrogen-bond acceptors (Lipinski definition) is 3. The number of para-hydroxylation sites is 2. The minimum atomic E-state index is -0.492. The molecule has 0 radical (unpaired) electrons. The first-order valence-corrected chi connectivity index (χ1v) is 11.2. The van der Waals surface area contributed by atoms with Gasteiger partial charge in [-0.25, -0.2) is 0 Å². The van der Waals surface area contributed by atoms with Crippen LogP contribution in [-0.4, -0.2) is 32.6 Å². The second-order valence-corrected chi connectivity index (χ2v) is 9.10. The summed E-state index contributed by atoms with van der Waals surface area (Å²) in [6.45, 7) is 0. The molecule has 5 rings (SSSR count). The second-order valence-electron chi connectivity index (χ2n) is 9.10. The molecule has 2 aromatic rings. The van der Waals surface area contributed by atoms with Crippen molar-refractivity contribution in [3.8, 4) is 0 Å². The minimum Gasteiger partial charge on any atom is -0.316 e. The van der Waals surface area contributed by atoms with Gasteiger partial charge in [0.1, 0.15) is 0 Å². The second kappa shape index (κ2) is 7.51. The van der Waals surface area contributed by atoms with Crippen molar-refractivity contribution in [2.75, 3.05) is 0 Å². The number of piperidine rings is 1. The summed E-state index contributed by atoms with van der Waals surface area (Å²) in [7, 11) is 0. The molecule has 5 nitrogen and oxygen atoms in total. The quantitative estimate of drug-likeness (QED) is 0.801. The van der Waals surface area contributed by atoms with Gasteiger partial charge in [-0.05, 0) is 50.7 Å². The van der Waals surface area contributed by atoms with E-state index in [-0.39, 0.29) is 11.6 Å². The van der Waals surface area contributed by atoms with Crippen LogP contribution in [0.2, 0.25) is 0 Å². The lowest BCUT2D eigenvalue weighted by atomic mass is 9.89. The summed E-state index contributed by atoms with van der Waals surface area (Å²) in [4.78, 5) is 30.6. The maximum absolute atomic E-state index is 12.8. The van der Waals surface area contributed by atoms with Crippen LogP contribution in [0.3, 0.4) is 0 Å². The Kier molecular flexibility index (Phi) is 4.87. The van der Waals surface area contributed by atoms with Crippen LogP contribution in [0.4, 0.5) is 0 Å². The summed E-state index contributed by atoms with van der Waals surface area (Å²) in [5.74, 6) is 0. The van der Waals surface area contributed by atoms with E-state index in [1.807, 2.05) is 28.8 Å². The van der Waals surface area contributed by atoms with Crippen LogP contribution < -0.4 is 11.1 Å². The van der Waals surface area contributed by atoms with E-state index in [9.17, 15) is 9.59 Å². The van der Waals surface area contributed by atoms with E-state index in [4.69, 9.17) is 0 Å². The third kappa shape index (κ3) is 3.14. The topological polar surface area (TPSA) is 58.1 Å². The Labute approximate surface area is 165 Å². The van der Waals surface area contributed by atoms with Crippen molar-refractivity contribution in [3.63, 3.8) is 0 Å². The summed E-state index contributed by atoms with van der Waals surface area (Å²) >= 11 is 0. The summed E-state index contributed by atoms with van der Waals surface area (Å²) in [5, 5.41) is 0. The molecule has 3 atom stereocenters. The number of benzene rings is 1. The van der Waals surface area contributed by atoms with Gasteiger partial charge in [0.2, 0.25) is 0 Å². The minimum absolute atomic E-state index is 0.141. The molecule has 0 spiro atoms. The monoisotopic (exact) mass is 381 g/mol. The zero-order valence-electron chi connectivity index (χ0n) is 16.6. The molecule has 5 heteroatoms. The Bertz CT molecular complexity index is 940. The van der Waals surface area contributed by atoms with Crippen LogP contribution >= 0.6 is 0 Å². The number of nitrogens with one attached hydrogen (secondary N) is 1. The van der Waals surface area contributed by atoms with Crippen molar-refractivity contribution in [1.82, 2.24) is 14.5 Å². The highest BCUT2D eigenvalue weighted by Crippen LogP contribution is 2.43. The molecule has 1 saturated carbocycles. The van der Waals surface area contributed by atoms with Crippen LogP contribution in [0, 0.1) is 0 Å². The molecule has 3 aliphatic rings. The molecule has 1 aliphatic carbocycles. The highest BCUT2D eigenvalue weighted by molar-refractivity contribution is 5.74. The van der Waals surface area contributed by atoms with Crippen LogP contribution in [0.1, 0.15) is 76.7 Å². The molecule has 0 amide bonds. The average molecular weight is 382 g/mol. The molecular formula is C23H31N3O2. The summed E-state index contributed by atoms with van der Waals surface area (Å²) in [5.41, 5.74) is 0.758. The van der Waals surface area contributed by atoms with Crippen LogP contribution in [-0.2, 0) is 0 Å². The Hall–Kier alpha value is -1.88. The molecule has 1 N–H and O–H groups in total. The zero-order chi connectivity index (χ0) is 19.1. The fourth-order valence-corrected chi connectivity index (χ4v) is 6.27. The molecule has 1 aromatic carbocycles. The van der Waals surface area contributed by atoms with Crippen molar-refractivity contribution in [2.24, 2.45) is 0 Å². The third-order valence-corrected chi connectivity index (χ3v) is 7.45. The van der Waals surface area contributed by atoms with E-state index in [0.29, 0.717) is 12.1 Å². The highest BCUT2D eigenvalue weighted by Gasteiger charge is 2.44. The fraction of sp³-hybridized carbons (Fsp3) is 0.652. The predicted octanol–water partition coefficient (Wildman–Crippen LogP) is 3.97. The van der Waals surface area contributed by atoms with Gasteiger partial charge in [-0.1, -0.05) is 44.2 Å². The average Bonchev–Trinajstić information content (AvgIpc) is 2.92. The molecule has 2 bridgehead atoms. The number of aromatic nitrogens is 2. The van der Waals surface area contributed by atoms with Gasteiger partial charge in [0.25, 0.3) is 0 Å². The lowest BCUT2D eigenvalue weighted by Gasteiger charge is -2.44. The van der Waals surface area contributed by atoms with Crippen LogP contribution in [0.5, 0.6) is 0 Å². The lowest BCUT2D eigenvalue weighted by Crippen LogP contribution is -2.51. The molecule has 2 aliphatic heterocycles. The van der Waals surface area contributed by atoms with E-state index in [1.54, 1.807) is 0 Å². The molecule has 28 heavy (non-hydrogen) atoms. The Morgan fingerprint density at radius 2 is 1.39 bits per heavy atom. The van der Waals surface area contributed by atoms with Crippen LogP contribution in [0.15, 0.2) is 33.9 Å². The maximum Gasteiger partial charge on any atom is 0.316 e. The molecular weight excluding hydrogens is 350 g/mol. The van der Waals surface area contributed by atoms with Crippen molar-refractivity contribution in [2.45, 2.75) is 94.8 Å². The zero-order valence-corrected chi connectivity index (χ0v) is 16.6. The number of rotatable bonds is 2. The molecule has 3 heterocycles. The lowest BCUT2D eigenvalue weighted by molar-refractivity contribution is 0.0497. The number of hydrogen-bond donors (Lipinski definition) is 1. The molecule has 2 saturated heterocycles. The van der Waals surface area contributed by atoms with Crippen molar-refractivity contribution in [3.05, 3.63) is 45.0 Å². The van der Waals surface area contributed by atoms with Gasteiger partial charge in [-0.2, -0.15) is 0 Å². The van der Waals surface area contributed by atoms with E-state index in [1.165, 1.54) is 57.8 Å². The van der Waals surface area contributed by atoms with Gasteiger partial charge < -0.3 is 4.98 Å². The summed E-state index contributed by atoms with van der Waals surface area (Å²) in [6, 6.07) is 9.73. The number of aromatic amines is 1. The standard InChI is InChI=1S/C23H31N3O2/c27-22-23(28)26(21-11-7-6-10-20(21)24-22)19-14-17-12-13-18(15-19)25(17)16-8-4-2-1-3-5-9-16/h6-7,10-11,16-19H,1-5,8-9,12-15H2,(H,24,27)/t17-,18?,19?/m0/s1. The van der Waals surface area contributed by atoms with Crippen molar-refractivity contribution < 1.29 is 0 Å². The molecule has 2 unspecified atom stereocenters. The van der Waals surface area contributed by atoms with Gasteiger partial charge in [-0.15, -0.1) is 0 Å². The van der Waals surface area contributed by atoms with E-state index in [2.05, 4.69) is 9.88 Å². The smallest absolute Gasteiger partial charge is 0.316 e. The first kappa shape index (κ1) is 18.2. The van der Waals surface area contributed by atoms with Gasteiger partial charge in [0.15, 0.2) is 0 Å². The number of fused-ring (bicyclic) bond motifs is 3. The Balaban J connectivity index is 1.45. The largest absolute Gasteiger partial charge is 0.316 e. The van der Waals surface area contributed by atoms with Gasteiger partial charge >= 0.3 is 11.1 Å². The van der Waals surface area contributed by atoms with Crippen molar-refractivity contribution >= 4 is 11.0 Å². The molecule has 3 fully saturated rings. The number of nitrogens with zero attached hydrogens (tertiary/aromatic N) is 2. The summed E-state index contributed by atoms with van der Waals surface area (Å²) in [6.07, 6.45) is 14.1. The fourth-order valence-electron chi connectivity index (χ4n) is 6.27. The first-order valence-electron chi connectivity index (χ1n) is 11.2. The van der Waals surface area contributed by atoms with E-state index < -0.39 is 5.56 Å². The normalized spacial score (nSPS) is 29.6. The van der Waals surface area contributed by atoms with E-state index in [0.717, 1.165) is 29.9 Å².